The lowest BCUT2D eigenvalue weighted by molar-refractivity contribution is -0.00433. The Bertz CT molecular complexity index is 883. The van der Waals surface area contributed by atoms with Crippen molar-refractivity contribution >= 4 is 28.4 Å². The van der Waals surface area contributed by atoms with Gasteiger partial charge in [0.15, 0.2) is 0 Å². The van der Waals surface area contributed by atoms with Crippen LogP contribution in [0.25, 0.3) is 10.8 Å². The van der Waals surface area contributed by atoms with Crippen LogP contribution in [0.4, 0.5) is 0 Å². The Balaban J connectivity index is 1.70. The average Bonchev–Trinajstić information content (AvgIpc) is 2.99. The fraction of sp³-hybridized carbons (Fsp3) is 0.593. The van der Waals surface area contributed by atoms with Crippen molar-refractivity contribution in [2.24, 2.45) is 0 Å². The molecule has 4 rings (SSSR count). The van der Waals surface area contributed by atoms with Gasteiger partial charge in [-0.1, -0.05) is 56.9 Å². The van der Waals surface area contributed by atoms with Gasteiger partial charge in [0.05, 0.1) is 12.1 Å². The van der Waals surface area contributed by atoms with E-state index in [4.69, 9.17) is 4.74 Å². The molecule has 3 nitrogen and oxygen atoms in total. The van der Waals surface area contributed by atoms with Crippen LogP contribution in [0.2, 0.25) is 0 Å². The Morgan fingerprint density at radius 1 is 1.00 bits per heavy atom. The number of ether oxygens (including phenoxy) is 1. The number of nitrogens with zero attached hydrogens (tertiary/aromatic N) is 1. The number of thioether (sulfide) groups is 1. The van der Waals surface area contributed by atoms with Gasteiger partial charge in [0, 0.05) is 18.7 Å². The van der Waals surface area contributed by atoms with Gasteiger partial charge < -0.3 is 9.64 Å². The number of rotatable bonds is 6. The van der Waals surface area contributed by atoms with Crippen LogP contribution in [0.15, 0.2) is 36.4 Å². The molecular weight excluding hydrogens is 402 g/mol. The summed E-state index contributed by atoms with van der Waals surface area (Å²) in [5.41, 5.74) is 1.79. The molecule has 2 aromatic rings. The van der Waals surface area contributed by atoms with E-state index in [0.29, 0.717) is 6.61 Å². The van der Waals surface area contributed by atoms with E-state index in [-0.39, 0.29) is 11.4 Å². The van der Waals surface area contributed by atoms with Gasteiger partial charge in [-0.25, -0.2) is 0 Å². The molecule has 1 amide bonds. The highest BCUT2D eigenvalue weighted by atomic mass is 32.2. The first-order chi connectivity index (χ1) is 15.3. The molecule has 2 aliphatic rings. The zero-order valence-electron chi connectivity index (χ0n) is 19.0. The molecule has 168 valence electrons. The van der Waals surface area contributed by atoms with Crippen LogP contribution >= 0.6 is 11.8 Å². The summed E-state index contributed by atoms with van der Waals surface area (Å²) in [6.07, 6.45) is 10.5. The molecule has 2 aliphatic heterocycles. The van der Waals surface area contributed by atoms with Crippen molar-refractivity contribution in [1.82, 2.24) is 4.90 Å². The molecule has 1 saturated heterocycles. The van der Waals surface area contributed by atoms with Gasteiger partial charge >= 0.3 is 0 Å². The first kappa shape index (κ1) is 22.7. The summed E-state index contributed by atoms with van der Waals surface area (Å²) in [5, 5.41) is 2.38. The highest BCUT2D eigenvalue weighted by Crippen LogP contribution is 2.45. The number of amides is 1. The highest BCUT2D eigenvalue weighted by Gasteiger charge is 2.49. The van der Waals surface area contributed by atoms with Crippen LogP contribution in [-0.4, -0.2) is 42.1 Å². The standard InChI is InChI=1S/C27H37NO2S/c1-2-17-31-18-11-14-27-21-30-16-10-6-4-3-5-9-15-28(27)26(29)24-19-22-12-7-8-13-23(22)20-25(24)27/h7-8,12-13,19-20H,2-6,9-11,14-18,21H2,1H3. The Kier molecular flexibility index (Phi) is 7.95. The fourth-order valence-corrected chi connectivity index (χ4v) is 6.08. The molecule has 2 aromatic carbocycles. The maximum atomic E-state index is 13.7. The van der Waals surface area contributed by atoms with E-state index in [2.05, 4.69) is 48.2 Å². The number of fused-ring (bicyclic) bond motifs is 4. The van der Waals surface area contributed by atoms with E-state index >= 15 is 0 Å². The normalized spacial score (nSPS) is 22.6. The summed E-state index contributed by atoms with van der Waals surface area (Å²) >= 11 is 2.04. The first-order valence-electron chi connectivity index (χ1n) is 12.3. The molecule has 0 aromatic heterocycles. The number of carbonyl (C=O) groups is 1. The van der Waals surface area contributed by atoms with Gasteiger partial charge in [-0.2, -0.15) is 11.8 Å². The van der Waals surface area contributed by atoms with E-state index in [1.807, 2.05) is 11.8 Å². The van der Waals surface area contributed by atoms with E-state index in [1.54, 1.807) is 0 Å². The van der Waals surface area contributed by atoms with Crippen LogP contribution in [-0.2, 0) is 10.3 Å². The number of hydrogen-bond donors (Lipinski definition) is 0. The predicted octanol–water partition coefficient (Wildman–Crippen LogP) is 6.79. The summed E-state index contributed by atoms with van der Waals surface area (Å²) in [5.74, 6) is 2.58. The van der Waals surface area contributed by atoms with Gasteiger partial charge in [-0.15, -0.1) is 0 Å². The average molecular weight is 440 g/mol. The van der Waals surface area contributed by atoms with E-state index in [0.717, 1.165) is 55.5 Å². The van der Waals surface area contributed by atoms with Crippen molar-refractivity contribution in [2.75, 3.05) is 31.3 Å². The molecule has 0 aliphatic carbocycles. The summed E-state index contributed by atoms with van der Waals surface area (Å²) in [6.45, 7) is 4.51. The molecule has 2 heterocycles. The summed E-state index contributed by atoms with van der Waals surface area (Å²) < 4.78 is 6.32. The molecule has 31 heavy (non-hydrogen) atoms. The minimum Gasteiger partial charge on any atom is -0.379 e. The quantitative estimate of drug-likeness (QED) is 0.464. The lowest BCUT2D eigenvalue weighted by atomic mass is 9.84. The largest absolute Gasteiger partial charge is 0.379 e. The van der Waals surface area contributed by atoms with Crippen molar-refractivity contribution in [2.45, 2.75) is 70.3 Å². The van der Waals surface area contributed by atoms with Gasteiger partial charge in [0.2, 0.25) is 0 Å². The van der Waals surface area contributed by atoms with E-state index in [1.165, 1.54) is 48.8 Å². The molecule has 1 fully saturated rings. The minimum absolute atomic E-state index is 0.211. The molecule has 4 heteroatoms. The Labute approximate surface area is 191 Å². The summed E-state index contributed by atoms with van der Waals surface area (Å²) in [4.78, 5) is 15.9. The van der Waals surface area contributed by atoms with Gasteiger partial charge in [-0.3, -0.25) is 4.79 Å². The Morgan fingerprint density at radius 2 is 1.74 bits per heavy atom. The second-order valence-electron chi connectivity index (χ2n) is 9.12. The molecule has 0 N–H and O–H groups in total. The molecular formula is C27H37NO2S. The SMILES string of the molecule is CCCSCCCC12COCCCCCCCCN1C(=O)c1cc3ccccc3cc12. The number of carbonyl (C=O) groups excluding carboxylic acids is 1. The van der Waals surface area contributed by atoms with Crippen LogP contribution in [0.3, 0.4) is 0 Å². The van der Waals surface area contributed by atoms with E-state index < -0.39 is 0 Å². The monoisotopic (exact) mass is 439 g/mol. The molecule has 0 bridgehead atoms. The maximum Gasteiger partial charge on any atom is 0.255 e. The third-order valence-corrected chi connectivity index (χ3v) is 8.14. The minimum atomic E-state index is -0.317. The van der Waals surface area contributed by atoms with Crippen molar-refractivity contribution in [3.63, 3.8) is 0 Å². The first-order valence-corrected chi connectivity index (χ1v) is 13.4. The zero-order valence-corrected chi connectivity index (χ0v) is 19.9. The van der Waals surface area contributed by atoms with Crippen LogP contribution in [0, 0.1) is 0 Å². The third-order valence-electron chi connectivity index (χ3n) is 6.87. The van der Waals surface area contributed by atoms with Crippen molar-refractivity contribution in [3.8, 4) is 0 Å². The number of hydrogen-bond acceptors (Lipinski definition) is 3. The smallest absolute Gasteiger partial charge is 0.255 e. The molecule has 0 saturated carbocycles. The van der Waals surface area contributed by atoms with Crippen LogP contribution < -0.4 is 0 Å². The lowest BCUT2D eigenvalue weighted by Gasteiger charge is -2.40. The third kappa shape index (κ3) is 4.96. The molecule has 0 radical (unpaired) electrons. The Hall–Kier alpha value is -1.52. The predicted molar refractivity (Wildman–Crippen MR) is 132 cm³/mol. The molecule has 1 unspecified atom stereocenters. The van der Waals surface area contributed by atoms with Crippen LogP contribution in [0.1, 0.15) is 80.6 Å². The second kappa shape index (κ2) is 10.9. The van der Waals surface area contributed by atoms with Gasteiger partial charge in [-0.05, 0) is 72.1 Å². The Morgan fingerprint density at radius 3 is 2.55 bits per heavy atom. The van der Waals surface area contributed by atoms with Crippen molar-refractivity contribution < 1.29 is 9.53 Å². The van der Waals surface area contributed by atoms with Crippen LogP contribution in [0.5, 0.6) is 0 Å². The lowest BCUT2D eigenvalue weighted by Crippen LogP contribution is -2.48. The number of benzene rings is 2. The van der Waals surface area contributed by atoms with Crippen molar-refractivity contribution in [3.05, 3.63) is 47.5 Å². The summed E-state index contributed by atoms with van der Waals surface area (Å²) in [7, 11) is 0. The highest BCUT2D eigenvalue weighted by molar-refractivity contribution is 7.99. The van der Waals surface area contributed by atoms with E-state index in [9.17, 15) is 4.79 Å². The topological polar surface area (TPSA) is 29.5 Å². The molecule has 0 spiro atoms. The van der Waals surface area contributed by atoms with Crippen molar-refractivity contribution in [1.29, 1.82) is 0 Å². The van der Waals surface area contributed by atoms with Gasteiger partial charge in [0.25, 0.3) is 5.91 Å². The molecule has 1 atom stereocenters. The second-order valence-corrected chi connectivity index (χ2v) is 10.3. The maximum absolute atomic E-state index is 13.7. The zero-order chi connectivity index (χ0) is 21.5. The summed E-state index contributed by atoms with van der Waals surface area (Å²) in [6, 6.07) is 12.9. The van der Waals surface area contributed by atoms with Gasteiger partial charge in [0.1, 0.15) is 0 Å². The fourth-order valence-electron chi connectivity index (χ4n) is 5.24.